The molecule has 0 aromatic carbocycles. The molecule has 13 heteroatoms. The fourth-order valence-corrected chi connectivity index (χ4v) is 6.75. The van der Waals surface area contributed by atoms with E-state index in [9.17, 15) is 4.79 Å². The van der Waals surface area contributed by atoms with Crippen LogP contribution in [0.15, 0.2) is 19.0 Å². The number of nitrogens with zero attached hydrogens (tertiary/aromatic N) is 4. The molecule has 1 aliphatic rings. The van der Waals surface area contributed by atoms with E-state index in [1.807, 2.05) is 18.4 Å². The van der Waals surface area contributed by atoms with Crippen LogP contribution in [0.25, 0.3) is 11.2 Å². The number of carbonyl (C=O) groups is 1. The molecule has 3 heterocycles. The highest BCUT2D eigenvalue weighted by Gasteiger charge is 2.47. The standard InChI is InChI=1S/C31H55N5O6Si2/c1-15-16-39-27-25-26(34-29(35-27)33-24(20(2)3)28(37)38-10)36(19-32-25)23-17-21(42-44(13,14)31(7,8)9)22(41-23)18-40-43(11,12)30(4,5)6/h15,19-24H,1,16-18H2,2-14H3,(H,33,34,35)/t21-,22+,23+,24?/m0/s1. The number of fused-ring (bicyclic) bond motifs is 1. The number of anilines is 1. The van der Waals surface area contributed by atoms with E-state index in [1.165, 1.54) is 7.11 Å². The number of hydrogen-bond donors (Lipinski definition) is 1. The fraction of sp³-hybridized carbons (Fsp3) is 0.742. The van der Waals surface area contributed by atoms with Crippen molar-refractivity contribution in [2.24, 2.45) is 5.92 Å². The molecule has 44 heavy (non-hydrogen) atoms. The molecule has 1 N–H and O–H groups in total. The van der Waals surface area contributed by atoms with Gasteiger partial charge in [0.05, 0.1) is 26.1 Å². The van der Waals surface area contributed by atoms with Crippen LogP contribution in [0.4, 0.5) is 5.95 Å². The minimum absolute atomic E-state index is 0.0371. The van der Waals surface area contributed by atoms with E-state index in [4.69, 9.17) is 28.0 Å². The predicted octanol–water partition coefficient (Wildman–Crippen LogP) is 6.70. The van der Waals surface area contributed by atoms with Crippen LogP contribution in [-0.2, 0) is 23.1 Å². The van der Waals surface area contributed by atoms with Gasteiger partial charge in [-0.2, -0.15) is 9.97 Å². The maximum Gasteiger partial charge on any atom is 0.328 e. The highest BCUT2D eigenvalue weighted by Crippen LogP contribution is 2.43. The fourth-order valence-electron chi connectivity index (χ4n) is 4.38. The Balaban J connectivity index is 2.03. The van der Waals surface area contributed by atoms with Gasteiger partial charge in [0, 0.05) is 6.42 Å². The lowest BCUT2D eigenvalue weighted by molar-refractivity contribution is -0.142. The van der Waals surface area contributed by atoms with Crippen LogP contribution < -0.4 is 10.1 Å². The molecule has 4 atom stereocenters. The highest BCUT2D eigenvalue weighted by molar-refractivity contribution is 6.74. The van der Waals surface area contributed by atoms with Gasteiger partial charge in [0.15, 0.2) is 27.8 Å². The summed E-state index contributed by atoms with van der Waals surface area (Å²) >= 11 is 0. The molecule has 0 radical (unpaired) electrons. The van der Waals surface area contributed by atoms with Gasteiger partial charge in [-0.25, -0.2) is 9.78 Å². The molecule has 1 unspecified atom stereocenters. The molecular formula is C31H55N5O6Si2. The van der Waals surface area contributed by atoms with E-state index in [-0.39, 0.29) is 46.6 Å². The van der Waals surface area contributed by atoms with Crippen molar-refractivity contribution in [3.63, 3.8) is 0 Å². The van der Waals surface area contributed by atoms with Gasteiger partial charge in [-0.05, 0) is 42.2 Å². The lowest BCUT2D eigenvalue weighted by Crippen LogP contribution is -2.48. The summed E-state index contributed by atoms with van der Waals surface area (Å²) < 4.78 is 33.2. The Bertz CT molecular complexity index is 1300. The number of imidazole rings is 1. The Hall–Kier alpha value is -2.33. The maximum absolute atomic E-state index is 12.5. The first-order valence-corrected chi connectivity index (χ1v) is 21.3. The van der Waals surface area contributed by atoms with Crippen LogP contribution in [0.5, 0.6) is 5.88 Å². The molecule has 2 aromatic heterocycles. The van der Waals surface area contributed by atoms with E-state index in [1.54, 1.807) is 12.4 Å². The first kappa shape index (κ1) is 36.1. The second-order valence-corrected chi connectivity index (χ2v) is 24.6. The average Bonchev–Trinajstić information content (AvgIpc) is 3.50. The quantitative estimate of drug-likeness (QED) is 0.143. The van der Waals surface area contributed by atoms with Gasteiger partial charge in [-0.1, -0.05) is 68.0 Å². The third-order valence-corrected chi connectivity index (χ3v) is 18.3. The predicted molar refractivity (Wildman–Crippen MR) is 179 cm³/mol. The van der Waals surface area contributed by atoms with Gasteiger partial charge in [0.2, 0.25) is 11.8 Å². The summed E-state index contributed by atoms with van der Waals surface area (Å²) in [5.41, 5.74) is 1.01. The second-order valence-electron chi connectivity index (χ2n) is 15.0. The van der Waals surface area contributed by atoms with Crippen molar-refractivity contribution >= 4 is 39.7 Å². The molecule has 11 nitrogen and oxygen atoms in total. The van der Waals surface area contributed by atoms with E-state index >= 15 is 0 Å². The topological polar surface area (TPSA) is 119 Å². The van der Waals surface area contributed by atoms with Gasteiger partial charge in [-0.3, -0.25) is 4.57 Å². The smallest absolute Gasteiger partial charge is 0.328 e. The van der Waals surface area contributed by atoms with E-state index in [0.717, 1.165) is 0 Å². The molecule has 2 aromatic rings. The van der Waals surface area contributed by atoms with E-state index < -0.39 is 34.9 Å². The van der Waals surface area contributed by atoms with Gasteiger partial charge in [0.1, 0.15) is 25.0 Å². The molecule has 1 fully saturated rings. The Morgan fingerprint density at radius 1 is 1.14 bits per heavy atom. The Kier molecular flexibility index (Phi) is 11.2. The van der Waals surface area contributed by atoms with E-state index in [2.05, 4.69) is 89.6 Å². The molecule has 0 aliphatic carbocycles. The van der Waals surface area contributed by atoms with Crippen molar-refractivity contribution < 1.29 is 27.9 Å². The molecule has 0 bridgehead atoms. The lowest BCUT2D eigenvalue weighted by atomic mass is 10.1. The first-order chi connectivity index (χ1) is 20.2. The summed E-state index contributed by atoms with van der Waals surface area (Å²) in [6.07, 6.45) is 3.12. The number of hydrogen-bond acceptors (Lipinski definition) is 10. The monoisotopic (exact) mass is 649 g/mol. The SMILES string of the molecule is C=CCOc1nc(NC(C(=O)OC)C(C)C)nc2c1ncn2[C@H]1C[C@H](O[Si](C)(C)C(C)(C)C)[C@@H](CO[Si](C)(C)C(C)(C)C)O1. The van der Waals surface area contributed by atoms with Crippen molar-refractivity contribution in [3.8, 4) is 5.88 Å². The van der Waals surface area contributed by atoms with Crippen molar-refractivity contribution in [1.82, 2.24) is 19.5 Å². The molecule has 1 saturated heterocycles. The van der Waals surface area contributed by atoms with Gasteiger partial charge >= 0.3 is 5.97 Å². The Labute approximate surface area is 265 Å². The number of aromatic nitrogens is 4. The van der Waals surface area contributed by atoms with E-state index in [0.29, 0.717) is 24.2 Å². The molecule has 3 rings (SSSR count). The number of methoxy groups -OCH3 is 1. The summed E-state index contributed by atoms with van der Waals surface area (Å²) in [5.74, 6) is 0.0399. The second kappa shape index (κ2) is 13.6. The maximum atomic E-state index is 12.5. The first-order valence-electron chi connectivity index (χ1n) is 15.5. The normalized spacial score (nSPS) is 20.6. The summed E-state index contributed by atoms with van der Waals surface area (Å²) in [7, 11) is -2.79. The van der Waals surface area contributed by atoms with Gasteiger partial charge in [-0.15, -0.1) is 0 Å². The van der Waals surface area contributed by atoms with Gasteiger partial charge in [0.25, 0.3) is 0 Å². The zero-order valence-electron chi connectivity index (χ0n) is 29.1. The molecule has 0 spiro atoms. The molecule has 1 aliphatic heterocycles. The zero-order valence-corrected chi connectivity index (χ0v) is 31.1. The minimum Gasteiger partial charge on any atom is -0.472 e. The van der Waals surface area contributed by atoms with Crippen molar-refractivity contribution in [2.75, 3.05) is 25.6 Å². The molecular weight excluding hydrogens is 595 g/mol. The van der Waals surface area contributed by atoms with Crippen LogP contribution in [0, 0.1) is 5.92 Å². The number of rotatable bonds is 13. The number of carbonyl (C=O) groups excluding carboxylic acids is 1. The largest absolute Gasteiger partial charge is 0.472 e. The number of esters is 1. The zero-order chi connectivity index (χ0) is 33.3. The van der Waals surface area contributed by atoms with Crippen LogP contribution in [0.2, 0.25) is 36.3 Å². The van der Waals surface area contributed by atoms with Crippen LogP contribution in [-0.4, -0.2) is 80.7 Å². The number of ether oxygens (including phenoxy) is 3. The highest BCUT2D eigenvalue weighted by atomic mass is 28.4. The van der Waals surface area contributed by atoms with Crippen molar-refractivity contribution in [1.29, 1.82) is 0 Å². The lowest BCUT2D eigenvalue weighted by Gasteiger charge is -2.40. The molecule has 0 saturated carbocycles. The summed E-state index contributed by atoms with van der Waals surface area (Å²) in [6, 6.07) is -0.650. The Morgan fingerprint density at radius 3 is 2.32 bits per heavy atom. The number of nitrogens with one attached hydrogen (secondary N) is 1. The van der Waals surface area contributed by atoms with Crippen molar-refractivity contribution in [2.45, 2.75) is 123 Å². The summed E-state index contributed by atoms with van der Waals surface area (Å²) in [4.78, 5) is 26.5. The van der Waals surface area contributed by atoms with Gasteiger partial charge < -0.3 is 28.4 Å². The average molecular weight is 650 g/mol. The Morgan fingerprint density at radius 2 is 1.77 bits per heavy atom. The van der Waals surface area contributed by atoms with Crippen LogP contribution >= 0.6 is 0 Å². The summed E-state index contributed by atoms with van der Waals surface area (Å²) in [6.45, 7) is 30.7. The molecule has 0 amide bonds. The summed E-state index contributed by atoms with van der Waals surface area (Å²) in [5, 5.41) is 3.25. The third-order valence-electron chi connectivity index (χ3n) is 9.29. The van der Waals surface area contributed by atoms with Crippen LogP contribution in [0.1, 0.15) is 68.0 Å². The van der Waals surface area contributed by atoms with Crippen molar-refractivity contribution in [3.05, 3.63) is 19.0 Å². The molecule has 248 valence electrons. The van der Waals surface area contributed by atoms with Crippen LogP contribution in [0.3, 0.4) is 0 Å². The minimum atomic E-state index is -2.13. The third kappa shape index (κ3) is 8.08.